The van der Waals surface area contributed by atoms with Crippen molar-refractivity contribution in [2.45, 2.75) is 12.5 Å². The van der Waals surface area contributed by atoms with Crippen LogP contribution in [0.5, 0.6) is 5.75 Å². The molecule has 0 bridgehead atoms. The van der Waals surface area contributed by atoms with Gasteiger partial charge in [-0.05, 0) is 42.6 Å². The lowest BCUT2D eigenvalue weighted by Crippen LogP contribution is -2.38. The van der Waals surface area contributed by atoms with Gasteiger partial charge in [0.25, 0.3) is 5.91 Å². The molecule has 0 spiro atoms. The molecule has 0 aliphatic heterocycles. The van der Waals surface area contributed by atoms with E-state index in [9.17, 15) is 14.3 Å². The second-order valence-electron chi connectivity index (χ2n) is 5.95. The van der Waals surface area contributed by atoms with Gasteiger partial charge in [0.2, 0.25) is 0 Å². The van der Waals surface area contributed by atoms with Gasteiger partial charge in [-0.2, -0.15) is 0 Å². The number of rotatable bonds is 5. The van der Waals surface area contributed by atoms with Gasteiger partial charge in [0, 0.05) is 15.1 Å². The van der Waals surface area contributed by atoms with Crippen molar-refractivity contribution in [1.29, 1.82) is 0 Å². The van der Waals surface area contributed by atoms with Gasteiger partial charge in [0.1, 0.15) is 5.60 Å². The first kappa shape index (κ1) is 17.4. The summed E-state index contributed by atoms with van der Waals surface area (Å²) in [5.41, 5.74) is -1.05. The summed E-state index contributed by atoms with van der Waals surface area (Å²) in [6.45, 7) is 1.67. The molecule has 3 rings (SSSR count). The first-order valence-corrected chi connectivity index (χ1v) is 8.55. The average Bonchev–Trinajstić information content (AvgIpc) is 3.05. The van der Waals surface area contributed by atoms with E-state index in [1.165, 1.54) is 30.6 Å². The van der Waals surface area contributed by atoms with Crippen molar-refractivity contribution < 1.29 is 19.0 Å². The number of hydrogen-bond donors (Lipinski definition) is 2. The fourth-order valence-corrected chi connectivity index (χ4v) is 3.60. The highest BCUT2D eigenvalue weighted by Crippen LogP contribution is 2.32. The van der Waals surface area contributed by atoms with Crippen LogP contribution < -0.4 is 10.1 Å². The van der Waals surface area contributed by atoms with Crippen LogP contribution in [0.15, 0.2) is 48.5 Å². The highest BCUT2D eigenvalue weighted by Gasteiger charge is 2.26. The fraction of sp³-hybridized carbons (Fsp3) is 0.211. The molecule has 0 unspecified atom stereocenters. The maximum atomic E-state index is 13.7. The van der Waals surface area contributed by atoms with Crippen LogP contribution in [0.25, 0.3) is 10.1 Å². The Morgan fingerprint density at radius 1 is 1.28 bits per heavy atom. The predicted octanol–water partition coefficient (Wildman–Crippen LogP) is 3.69. The summed E-state index contributed by atoms with van der Waals surface area (Å²) in [5.74, 6) is -0.983. The standard InChI is InChI=1S/C19H18FNO3S/c1-19(23,17-10-12-5-3-4-6-16(12)25-17)11-21-18(22)13-7-8-15(24-2)14(20)9-13/h3-10,23H,11H2,1-2H3,(H,21,22)/t19-/m1/s1. The van der Waals surface area contributed by atoms with Crippen LogP contribution in [0, 0.1) is 5.82 Å². The topological polar surface area (TPSA) is 58.6 Å². The summed E-state index contributed by atoms with van der Waals surface area (Å²) < 4.78 is 19.6. The van der Waals surface area contributed by atoms with Gasteiger partial charge >= 0.3 is 0 Å². The Labute approximate surface area is 148 Å². The molecule has 0 aliphatic rings. The number of nitrogens with one attached hydrogen (secondary N) is 1. The van der Waals surface area contributed by atoms with Crippen LogP contribution in [-0.2, 0) is 5.60 Å². The van der Waals surface area contributed by atoms with E-state index in [4.69, 9.17) is 4.74 Å². The van der Waals surface area contributed by atoms with Crippen molar-refractivity contribution in [3.63, 3.8) is 0 Å². The summed E-state index contributed by atoms with van der Waals surface area (Å²) in [5, 5.41) is 14.4. The molecule has 0 fully saturated rings. The normalized spacial score (nSPS) is 13.4. The molecule has 0 radical (unpaired) electrons. The Hall–Kier alpha value is -2.44. The van der Waals surface area contributed by atoms with Gasteiger partial charge in [-0.15, -0.1) is 11.3 Å². The van der Waals surface area contributed by atoms with Crippen LogP contribution in [0.2, 0.25) is 0 Å². The van der Waals surface area contributed by atoms with Crippen LogP contribution in [0.4, 0.5) is 4.39 Å². The number of methoxy groups -OCH3 is 1. The second kappa shape index (κ2) is 6.82. The predicted molar refractivity (Wildman–Crippen MR) is 96.7 cm³/mol. The molecule has 1 amide bonds. The summed E-state index contributed by atoms with van der Waals surface area (Å²) in [4.78, 5) is 13.0. The fourth-order valence-electron chi connectivity index (χ4n) is 2.50. The zero-order valence-corrected chi connectivity index (χ0v) is 14.7. The van der Waals surface area contributed by atoms with Crippen LogP contribution >= 0.6 is 11.3 Å². The number of carbonyl (C=O) groups is 1. The lowest BCUT2D eigenvalue weighted by Gasteiger charge is -2.22. The number of amides is 1. The van der Waals surface area contributed by atoms with Crippen LogP contribution in [-0.4, -0.2) is 24.7 Å². The number of aliphatic hydroxyl groups is 1. The van der Waals surface area contributed by atoms with Gasteiger partial charge in [0.05, 0.1) is 13.7 Å². The molecule has 1 heterocycles. The van der Waals surface area contributed by atoms with Gasteiger partial charge in [-0.25, -0.2) is 4.39 Å². The molecule has 1 atom stereocenters. The zero-order chi connectivity index (χ0) is 18.0. The third-order valence-electron chi connectivity index (χ3n) is 3.96. The monoisotopic (exact) mass is 359 g/mol. The minimum atomic E-state index is -1.22. The van der Waals surface area contributed by atoms with E-state index in [0.717, 1.165) is 21.0 Å². The van der Waals surface area contributed by atoms with E-state index in [-0.39, 0.29) is 17.9 Å². The number of hydrogen-bond acceptors (Lipinski definition) is 4. The summed E-state index contributed by atoms with van der Waals surface area (Å²) in [6.07, 6.45) is 0. The number of fused-ring (bicyclic) bond motifs is 1. The second-order valence-corrected chi connectivity index (χ2v) is 7.04. The Kier molecular flexibility index (Phi) is 4.74. The van der Waals surface area contributed by atoms with Crippen LogP contribution in [0.3, 0.4) is 0 Å². The molecule has 2 N–H and O–H groups in total. The maximum Gasteiger partial charge on any atom is 0.251 e. The molecule has 1 aromatic heterocycles. The quantitative estimate of drug-likeness (QED) is 0.730. The van der Waals surface area contributed by atoms with Gasteiger partial charge in [-0.1, -0.05) is 18.2 Å². The first-order valence-electron chi connectivity index (χ1n) is 7.74. The lowest BCUT2D eigenvalue weighted by molar-refractivity contribution is 0.0557. The minimum Gasteiger partial charge on any atom is -0.494 e. The third kappa shape index (κ3) is 3.65. The molecule has 6 heteroatoms. The van der Waals surface area contributed by atoms with E-state index in [0.29, 0.717) is 0 Å². The van der Waals surface area contributed by atoms with Crippen molar-refractivity contribution in [2.75, 3.05) is 13.7 Å². The Bertz CT molecular complexity index is 887. The molecular formula is C19H18FNO3S. The number of thiophene rings is 1. The minimum absolute atomic E-state index is 0.0201. The van der Waals surface area contributed by atoms with E-state index in [1.807, 2.05) is 30.3 Å². The first-order chi connectivity index (χ1) is 11.9. The van der Waals surface area contributed by atoms with E-state index < -0.39 is 17.3 Å². The molecule has 0 saturated carbocycles. The average molecular weight is 359 g/mol. The van der Waals surface area contributed by atoms with Gasteiger partial charge in [-0.3, -0.25) is 4.79 Å². The molecule has 25 heavy (non-hydrogen) atoms. The van der Waals surface area contributed by atoms with E-state index in [2.05, 4.69) is 5.32 Å². The SMILES string of the molecule is COc1ccc(C(=O)NC[C@@](C)(O)c2cc3ccccc3s2)cc1F. The molecule has 4 nitrogen and oxygen atoms in total. The summed E-state index contributed by atoms with van der Waals surface area (Å²) in [6, 6.07) is 13.7. The number of benzene rings is 2. The van der Waals surface area contributed by atoms with Crippen molar-refractivity contribution in [1.82, 2.24) is 5.32 Å². The zero-order valence-electron chi connectivity index (χ0n) is 13.9. The van der Waals surface area contributed by atoms with E-state index in [1.54, 1.807) is 6.92 Å². The van der Waals surface area contributed by atoms with Gasteiger partial charge < -0.3 is 15.2 Å². The largest absolute Gasteiger partial charge is 0.494 e. The van der Waals surface area contributed by atoms with Gasteiger partial charge in [0.15, 0.2) is 11.6 Å². The number of ether oxygens (including phenoxy) is 1. The number of halogens is 1. The highest BCUT2D eigenvalue weighted by atomic mass is 32.1. The molecule has 0 aliphatic carbocycles. The van der Waals surface area contributed by atoms with Crippen LogP contribution in [0.1, 0.15) is 22.2 Å². The van der Waals surface area contributed by atoms with E-state index >= 15 is 0 Å². The molecule has 2 aromatic carbocycles. The van der Waals surface area contributed by atoms with Crippen molar-refractivity contribution in [2.24, 2.45) is 0 Å². The Morgan fingerprint density at radius 3 is 2.72 bits per heavy atom. The lowest BCUT2D eigenvalue weighted by atomic mass is 10.0. The molecule has 3 aromatic rings. The molecule has 0 saturated heterocycles. The Balaban J connectivity index is 1.72. The highest BCUT2D eigenvalue weighted by molar-refractivity contribution is 7.19. The molecule has 130 valence electrons. The summed E-state index contributed by atoms with van der Waals surface area (Å²) in [7, 11) is 1.36. The van der Waals surface area contributed by atoms with Crippen molar-refractivity contribution in [3.8, 4) is 5.75 Å². The Morgan fingerprint density at radius 2 is 2.04 bits per heavy atom. The maximum absolute atomic E-state index is 13.7. The van der Waals surface area contributed by atoms with Crippen molar-refractivity contribution in [3.05, 3.63) is 64.8 Å². The number of carbonyl (C=O) groups excluding carboxylic acids is 1. The third-order valence-corrected chi connectivity index (χ3v) is 5.33. The molecular weight excluding hydrogens is 341 g/mol. The summed E-state index contributed by atoms with van der Waals surface area (Å²) >= 11 is 1.48. The smallest absolute Gasteiger partial charge is 0.251 e. The van der Waals surface area contributed by atoms with Crippen molar-refractivity contribution >= 4 is 27.3 Å².